The molecule has 0 fully saturated rings. The fourth-order valence-corrected chi connectivity index (χ4v) is 4.91. The van der Waals surface area contributed by atoms with E-state index in [1.807, 2.05) is 24.3 Å². The molecular weight excluding hydrogens is 440 g/mol. The van der Waals surface area contributed by atoms with E-state index in [2.05, 4.69) is 81.5 Å². The molecular formula is C28H28N4OS. The van der Waals surface area contributed by atoms with Gasteiger partial charge in [-0.05, 0) is 35.1 Å². The predicted molar refractivity (Wildman–Crippen MR) is 138 cm³/mol. The maximum absolute atomic E-state index is 13.3. The Hall–Kier alpha value is -3.38. The monoisotopic (exact) mass is 468 g/mol. The minimum absolute atomic E-state index is 0.0646. The average molecular weight is 469 g/mol. The Bertz CT molecular complexity index is 1390. The number of aryl methyl sites for hydroxylation is 1. The minimum atomic E-state index is -0.403. The molecule has 2 aliphatic rings. The van der Waals surface area contributed by atoms with Crippen molar-refractivity contribution in [1.82, 2.24) is 10.3 Å². The zero-order chi connectivity index (χ0) is 23.9. The van der Waals surface area contributed by atoms with Crippen LogP contribution in [0.3, 0.4) is 0 Å². The number of carbonyl (C=O) groups is 1. The predicted octanol–water partition coefficient (Wildman–Crippen LogP) is 4.37. The van der Waals surface area contributed by atoms with Crippen LogP contribution in [0.4, 0.5) is 0 Å². The summed E-state index contributed by atoms with van der Waals surface area (Å²) in [5, 5.41) is 11.8. The van der Waals surface area contributed by atoms with E-state index in [1.165, 1.54) is 28.5 Å². The molecule has 0 aromatic heterocycles. The van der Waals surface area contributed by atoms with E-state index in [1.54, 1.807) is 5.01 Å². The molecule has 1 atom stereocenters. The maximum atomic E-state index is 13.3. The number of rotatable bonds is 3. The highest BCUT2D eigenvalue weighted by Crippen LogP contribution is 2.32. The van der Waals surface area contributed by atoms with Gasteiger partial charge in [-0.25, -0.2) is 5.01 Å². The Morgan fingerprint density at radius 2 is 1.68 bits per heavy atom. The summed E-state index contributed by atoms with van der Waals surface area (Å²) in [7, 11) is 0. The topological polar surface area (TPSA) is 57.1 Å². The van der Waals surface area contributed by atoms with Crippen molar-refractivity contribution in [2.24, 2.45) is 10.1 Å². The van der Waals surface area contributed by atoms with Gasteiger partial charge < -0.3 is 0 Å². The summed E-state index contributed by atoms with van der Waals surface area (Å²) in [6, 6.07) is 24.7. The number of para-hydroxylation sites is 1. The van der Waals surface area contributed by atoms with Gasteiger partial charge in [-0.2, -0.15) is 0 Å². The lowest BCUT2D eigenvalue weighted by Crippen LogP contribution is -2.50. The molecule has 34 heavy (non-hydrogen) atoms. The molecule has 0 saturated heterocycles. The summed E-state index contributed by atoms with van der Waals surface area (Å²) in [4.78, 5) is 18.3. The van der Waals surface area contributed by atoms with Crippen molar-refractivity contribution in [3.05, 3.63) is 106 Å². The summed E-state index contributed by atoms with van der Waals surface area (Å²) in [6.07, 6.45) is -0.403. The van der Waals surface area contributed by atoms with Crippen molar-refractivity contribution in [3.63, 3.8) is 0 Å². The van der Waals surface area contributed by atoms with Crippen LogP contribution in [-0.2, 0) is 16.0 Å². The first-order chi connectivity index (χ1) is 16.3. The van der Waals surface area contributed by atoms with Gasteiger partial charge >= 0.3 is 0 Å². The Balaban J connectivity index is 1.53. The molecule has 0 unspecified atom stereocenters. The van der Waals surface area contributed by atoms with Crippen LogP contribution in [0.2, 0.25) is 0 Å². The molecule has 0 aliphatic carbocycles. The zero-order valence-corrected chi connectivity index (χ0v) is 20.7. The Labute approximate surface area is 204 Å². The van der Waals surface area contributed by atoms with Crippen molar-refractivity contribution in [3.8, 4) is 0 Å². The molecule has 5 nitrogen and oxygen atoms in total. The lowest BCUT2D eigenvalue weighted by molar-refractivity contribution is -0.116. The van der Waals surface area contributed by atoms with Crippen LogP contribution in [0, 0.1) is 6.92 Å². The van der Waals surface area contributed by atoms with Crippen LogP contribution in [0.5, 0.6) is 0 Å². The molecule has 3 aromatic rings. The standard InChI is InChI=1S/C28H28N4OS/c1-18-9-11-19(12-10-18)17-34-27-30-26(33)24-22-7-5-6-8-23(22)29-25(32(24)31-27)20-13-15-21(16-14-20)28(2,3)4/h5-16,25H,17H2,1-4H3,(H,30,31,33)/t25-/m1/s1. The molecule has 0 radical (unpaired) electrons. The molecule has 1 amide bonds. The van der Waals surface area contributed by atoms with Gasteiger partial charge in [0.2, 0.25) is 0 Å². The summed E-state index contributed by atoms with van der Waals surface area (Å²) < 4.78 is 0. The third-order valence-electron chi connectivity index (χ3n) is 6.09. The summed E-state index contributed by atoms with van der Waals surface area (Å²) in [6.45, 7) is 8.68. The molecule has 5 rings (SSSR count). The number of nitrogens with zero attached hydrogens (tertiary/aromatic N) is 3. The average Bonchev–Trinajstić information content (AvgIpc) is 2.82. The van der Waals surface area contributed by atoms with E-state index in [9.17, 15) is 4.79 Å². The summed E-state index contributed by atoms with van der Waals surface area (Å²) in [5.74, 6) is 0.571. The van der Waals surface area contributed by atoms with E-state index in [-0.39, 0.29) is 11.3 Å². The highest BCUT2D eigenvalue weighted by molar-refractivity contribution is 8.13. The smallest absolute Gasteiger partial charge is 0.276 e. The molecule has 6 heteroatoms. The van der Waals surface area contributed by atoms with Gasteiger partial charge in [0, 0.05) is 11.0 Å². The van der Waals surface area contributed by atoms with Crippen molar-refractivity contribution < 1.29 is 4.79 Å². The van der Waals surface area contributed by atoms with Gasteiger partial charge in [-0.15, -0.1) is 5.10 Å². The second-order valence-corrected chi connectivity index (χ2v) is 10.7. The highest BCUT2D eigenvalue weighted by Gasteiger charge is 2.34. The number of carbonyl (C=O) groups excluding carboxylic acids is 1. The van der Waals surface area contributed by atoms with Crippen LogP contribution >= 0.6 is 11.8 Å². The van der Waals surface area contributed by atoms with Crippen molar-refractivity contribution in [1.29, 1.82) is 0 Å². The van der Waals surface area contributed by atoms with E-state index in [0.717, 1.165) is 21.9 Å². The Morgan fingerprint density at radius 3 is 2.38 bits per heavy atom. The van der Waals surface area contributed by atoms with E-state index in [0.29, 0.717) is 10.9 Å². The SMILES string of the molecule is Cc1ccc(CSC2=NN3C(=c4ccccc4=N[C@H]3c3ccc(C(C)(C)C)cc3)C(=O)N2)cc1. The quantitative estimate of drug-likeness (QED) is 0.621. The van der Waals surface area contributed by atoms with Gasteiger partial charge in [0.05, 0.1) is 5.36 Å². The number of hydrogen-bond donors (Lipinski definition) is 1. The minimum Gasteiger partial charge on any atom is -0.298 e. The lowest BCUT2D eigenvalue weighted by Gasteiger charge is -2.34. The van der Waals surface area contributed by atoms with Gasteiger partial charge in [0.25, 0.3) is 5.91 Å². The van der Waals surface area contributed by atoms with Gasteiger partial charge in [0.1, 0.15) is 5.70 Å². The first-order valence-corrected chi connectivity index (χ1v) is 12.4. The first kappa shape index (κ1) is 22.4. The molecule has 1 N–H and O–H groups in total. The number of amides is 1. The van der Waals surface area contributed by atoms with Crippen LogP contribution in [0.15, 0.2) is 82.9 Å². The maximum Gasteiger partial charge on any atom is 0.276 e. The fraction of sp³-hybridized carbons (Fsp3) is 0.250. The Morgan fingerprint density at radius 1 is 0.971 bits per heavy atom. The van der Waals surface area contributed by atoms with Crippen LogP contribution < -0.4 is 15.9 Å². The number of nitrogens with one attached hydrogen (secondary N) is 1. The third-order valence-corrected chi connectivity index (χ3v) is 7.02. The third kappa shape index (κ3) is 4.38. The van der Waals surface area contributed by atoms with Crippen LogP contribution in [0.25, 0.3) is 5.70 Å². The molecule has 0 spiro atoms. The fourth-order valence-electron chi connectivity index (χ4n) is 4.10. The van der Waals surface area contributed by atoms with Gasteiger partial charge in [-0.1, -0.05) is 105 Å². The van der Waals surface area contributed by atoms with Gasteiger partial charge in [0.15, 0.2) is 11.3 Å². The molecule has 2 aliphatic heterocycles. The normalized spacial score (nSPS) is 17.4. The van der Waals surface area contributed by atoms with Crippen molar-refractivity contribution >= 4 is 28.5 Å². The number of fused-ring (bicyclic) bond motifs is 2. The zero-order valence-electron chi connectivity index (χ0n) is 19.9. The van der Waals surface area contributed by atoms with E-state index >= 15 is 0 Å². The van der Waals surface area contributed by atoms with E-state index in [4.69, 9.17) is 10.1 Å². The van der Waals surface area contributed by atoms with Crippen molar-refractivity contribution in [2.45, 2.75) is 45.0 Å². The lowest BCUT2D eigenvalue weighted by atomic mass is 9.86. The number of hydrogen-bond acceptors (Lipinski definition) is 5. The number of benzene rings is 3. The molecule has 2 heterocycles. The largest absolute Gasteiger partial charge is 0.298 e. The Kier molecular flexibility index (Phi) is 5.78. The van der Waals surface area contributed by atoms with E-state index < -0.39 is 6.17 Å². The second-order valence-electron chi connectivity index (χ2n) is 9.72. The van der Waals surface area contributed by atoms with Gasteiger partial charge in [-0.3, -0.25) is 15.1 Å². The van der Waals surface area contributed by atoms with Crippen molar-refractivity contribution in [2.75, 3.05) is 0 Å². The molecule has 0 bridgehead atoms. The highest BCUT2D eigenvalue weighted by atomic mass is 32.2. The summed E-state index contributed by atoms with van der Waals surface area (Å²) >= 11 is 1.52. The molecule has 3 aromatic carbocycles. The number of amidine groups is 1. The molecule has 172 valence electrons. The van der Waals surface area contributed by atoms with Crippen LogP contribution in [-0.4, -0.2) is 16.1 Å². The first-order valence-electron chi connectivity index (χ1n) is 11.4. The van der Waals surface area contributed by atoms with Crippen LogP contribution in [0.1, 0.15) is 49.2 Å². The number of hydrazone groups is 1. The number of thioether (sulfide) groups is 1. The summed E-state index contributed by atoms with van der Waals surface area (Å²) in [5.41, 5.74) is 5.27. The molecule has 0 saturated carbocycles. The second kappa shape index (κ2) is 8.76.